The number of aldehydes is 1. The molecule has 2 atom stereocenters. The van der Waals surface area contributed by atoms with E-state index in [1.54, 1.807) is 0 Å². The van der Waals surface area contributed by atoms with Crippen molar-refractivity contribution in [1.29, 1.82) is 0 Å². The molecular formula is C9H10O. The Balaban J connectivity index is 2.41. The summed E-state index contributed by atoms with van der Waals surface area (Å²) in [5.41, 5.74) is 2.33. The van der Waals surface area contributed by atoms with Gasteiger partial charge >= 0.3 is 0 Å². The van der Waals surface area contributed by atoms with Gasteiger partial charge in [-0.3, -0.25) is 4.79 Å². The first-order valence-corrected chi connectivity index (χ1v) is 3.67. The van der Waals surface area contributed by atoms with Gasteiger partial charge in [-0.15, -0.1) is 0 Å². The van der Waals surface area contributed by atoms with E-state index in [1.165, 1.54) is 5.57 Å². The van der Waals surface area contributed by atoms with Crippen molar-refractivity contribution in [2.24, 2.45) is 11.8 Å². The van der Waals surface area contributed by atoms with Gasteiger partial charge in [0.05, 0.1) is 0 Å². The summed E-state index contributed by atoms with van der Waals surface area (Å²) in [6.07, 6.45) is 6.54. The standard InChI is InChI=1S/C9H10O/c1-6-7-2-3-8(4-7)9(6)5-10/h2-3,5,7-8H,4H2,1H3/t7-,8+/m1/s1. The molecule has 0 aliphatic heterocycles. The molecule has 2 bridgehead atoms. The molecule has 0 unspecified atom stereocenters. The van der Waals surface area contributed by atoms with E-state index in [1.807, 2.05) is 0 Å². The second kappa shape index (κ2) is 1.82. The predicted molar refractivity (Wildman–Crippen MR) is 39.5 cm³/mol. The summed E-state index contributed by atoms with van der Waals surface area (Å²) in [7, 11) is 0. The normalized spacial score (nSPS) is 35.7. The van der Waals surface area contributed by atoms with Gasteiger partial charge in [-0.05, 0) is 24.8 Å². The van der Waals surface area contributed by atoms with Gasteiger partial charge in [0.2, 0.25) is 0 Å². The van der Waals surface area contributed by atoms with E-state index < -0.39 is 0 Å². The van der Waals surface area contributed by atoms with Crippen LogP contribution in [-0.2, 0) is 4.79 Å². The fourth-order valence-corrected chi connectivity index (χ4v) is 1.94. The van der Waals surface area contributed by atoms with Gasteiger partial charge in [-0.25, -0.2) is 0 Å². The van der Waals surface area contributed by atoms with Crippen LogP contribution in [0.25, 0.3) is 0 Å². The zero-order valence-electron chi connectivity index (χ0n) is 6.00. The van der Waals surface area contributed by atoms with Crippen molar-refractivity contribution in [1.82, 2.24) is 0 Å². The number of hydrogen-bond donors (Lipinski definition) is 0. The van der Waals surface area contributed by atoms with Crippen LogP contribution in [0, 0.1) is 11.8 Å². The first-order chi connectivity index (χ1) is 4.83. The molecule has 1 nitrogen and oxygen atoms in total. The molecule has 10 heavy (non-hydrogen) atoms. The number of carbonyl (C=O) groups is 1. The maximum atomic E-state index is 10.5. The molecule has 0 heterocycles. The first-order valence-electron chi connectivity index (χ1n) is 3.67. The van der Waals surface area contributed by atoms with E-state index in [0.29, 0.717) is 11.8 Å². The van der Waals surface area contributed by atoms with E-state index in [4.69, 9.17) is 0 Å². The van der Waals surface area contributed by atoms with Crippen molar-refractivity contribution in [3.8, 4) is 0 Å². The summed E-state index contributed by atoms with van der Waals surface area (Å²) in [6.45, 7) is 2.07. The third-order valence-corrected chi connectivity index (χ3v) is 2.62. The highest BCUT2D eigenvalue weighted by Gasteiger charge is 2.31. The molecule has 0 amide bonds. The molecule has 0 saturated heterocycles. The average molecular weight is 134 g/mol. The fourth-order valence-electron chi connectivity index (χ4n) is 1.94. The number of allylic oxidation sites excluding steroid dienone is 4. The third-order valence-electron chi connectivity index (χ3n) is 2.62. The van der Waals surface area contributed by atoms with Crippen LogP contribution in [0.1, 0.15) is 13.3 Å². The minimum absolute atomic E-state index is 0.461. The molecule has 0 saturated carbocycles. The van der Waals surface area contributed by atoms with Crippen molar-refractivity contribution >= 4 is 6.29 Å². The van der Waals surface area contributed by atoms with Gasteiger partial charge in [-0.2, -0.15) is 0 Å². The Kier molecular flexibility index (Phi) is 1.07. The Bertz CT molecular complexity index is 235. The van der Waals surface area contributed by atoms with E-state index in [2.05, 4.69) is 19.1 Å². The molecule has 0 radical (unpaired) electrons. The summed E-state index contributed by atoms with van der Waals surface area (Å²) >= 11 is 0. The minimum atomic E-state index is 0.461. The Morgan fingerprint density at radius 3 is 2.60 bits per heavy atom. The SMILES string of the molecule is CC1=C(C=O)[C@H]2C=C[C@@H]1C2. The van der Waals surface area contributed by atoms with Crippen LogP contribution in [0.5, 0.6) is 0 Å². The number of fused-ring (bicyclic) bond motifs is 2. The van der Waals surface area contributed by atoms with E-state index >= 15 is 0 Å². The Hall–Kier alpha value is -0.850. The molecule has 52 valence electrons. The van der Waals surface area contributed by atoms with E-state index in [0.717, 1.165) is 18.3 Å². The highest BCUT2D eigenvalue weighted by atomic mass is 16.1. The molecule has 2 aliphatic rings. The highest BCUT2D eigenvalue weighted by Crippen LogP contribution is 2.42. The van der Waals surface area contributed by atoms with Gasteiger partial charge in [0.15, 0.2) is 0 Å². The number of hydrogen-bond acceptors (Lipinski definition) is 1. The largest absolute Gasteiger partial charge is 0.298 e. The quantitative estimate of drug-likeness (QED) is 0.394. The number of carbonyl (C=O) groups excluding carboxylic acids is 1. The molecule has 0 fully saturated rings. The fraction of sp³-hybridized carbons (Fsp3) is 0.444. The van der Waals surface area contributed by atoms with Gasteiger partial charge in [0, 0.05) is 5.92 Å². The monoisotopic (exact) mass is 134 g/mol. The van der Waals surface area contributed by atoms with Crippen LogP contribution in [0.3, 0.4) is 0 Å². The molecule has 1 heteroatoms. The summed E-state index contributed by atoms with van der Waals surface area (Å²) in [5.74, 6) is 1.05. The predicted octanol–water partition coefficient (Wildman–Crippen LogP) is 1.71. The van der Waals surface area contributed by atoms with Gasteiger partial charge in [0.25, 0.3) is 0 Å². The van der Waals surface area contributed by atoms with Crippen LogP contribution in [-0.4, -0.2) is 6.29 Å². The molecule has 0 spiro atoms. The third kappa shape index (κ3) is 0.551. The van der Waals surface area contributed by atoms with Crippen molar-refractivity contribution in [2.45, 2.75) is 13.3 Å². The molecule has 2 aliphatic carbocycles. The van der Waals surface area contributed by atoms with Crippen LogP contribution < -0.4 is 0 Å². The second-order valence-electron chi connectivity index (χ2n) is 3.09. The zero-order chi connectivity index (χ0) is 7.14. The minimum Gasteiger partial charge on any atom is -0.298 e. The molecular weight excluding hydrogens is 124 g/mol. The Morgan fingerprint density at radius 2 is 2.20 bits per heavy atom. The average Bonchev–Trinajstić information content (AvgIpc) is 2.46. The van der Waals surface area contributed by atoms with E-state index in [9.17, 15) is 4.79 Å². The lowest BCUT2D eigenvalue weighted by Gasteiger charge is -2.05. The Labute approximate surface area is 60.4 Å². The van der Waals surface area contributed by atoms with Gasteiger partial charge in [0.1, 0.15) is 6.29 Å². The van der Waals surface area contributed by atoms with Crippen molar-refractivity contribution in [3.05, 3.63) is 23.3 Å². The van der Waals surface area contributed by atoms with Crippen LogP contribution in [0.4, 0.5) is 0 Å². The van der Waals surface area contributed by atoms with E-state index in [-0.39, 0.29) is 0 Å². The molecule has 2 rings (SSSR count). The van der Waals surface area contributed by atoms with Crippen molar-refractivity contribution in [3.63, 3.8) is 0 Å². The molecule has 0 aromatic heterocycles. The lowest BCUT2D eigenvalue weighted by Crippen LogP contribution is -1.96. The lowest BCUT2D eigenvalue weighted by atomic mass is 10.00. The second-order valence-corrected chi connectivity index (χ2v) is 3.09. The molecule has 0 N–H and O–H groups in total. The zero-order valence-corrected chi connectivity index (χ0v) is 6.00. The van der Waals surface area contributed by atoms with Crippen molar-refractivity contribution in [2.75, 3.05) is 0 Å². The van der Waals surface area contributed by atoms with Crippen LogP contribution in [0.2, 0.25) is 0 Å². The van der Waals surface area contributed by atoms with Gasteiger partial charge < -0.3 is 0 Å². The smallest absolute Gasteiger partial charge is 0.146 e. The maximum Gasteiger partial charge on any atom is 0.146 e. The topological polar surface area (TPSA) is 17.1 Å². The van der Waals surface area contributed by atoms with Crippen LogP contribution in [0.15, 0.2) is 23.3 Å². The summed E-state index contributed by atoms with van der Waals surface area (Å²) < 4.78 is 0. The summed E-state index contributed by atoms with van der Waals surface area (Å²) in [4.78, 5) is 10.5. The summed E-state index contributed by atoms with van der Waals surface area (Å²) in [5, 5.41) is 0. The Morgan fingerprint density at radius 1 is 1.50 bits per heavy atom. The lowest BCUT2D eigenvalue weighted by molar-refractivity contribution is -0.105. The maximum absolute atomic E-state index is 10.5. The molecule has 0 aromatic rings. The molecule has 0 aromatic carbocycles. The summed E-state index contributed by atoms with van der Waals surface area (Å²) in [6, 6.07) is 0. The highest BCUT2D eigenvalue weighted by molar-refractivity contribution is 5.78. The number of rotatable bonds is 1. The van der Waals surface area contributed by atoms with Crippen molar-refractivity contribution < 1.29 is 4.79 Å². The van der Waals surface area contributed by atoms with Crippen LogP contribution >= 0.6 is 0 Å². The van der Waals surface area contributed by atoms with Gasteiger partial charge in [-0.1, -0.05) is 17.7 Å². The first kappa shape index (κ1) is 5.90.